The van der Waals surface area contributed by atoms with E-state index in [0.29, 0.717) is 40.2 Å². The number of anilines is 1. The third-order valence-corrected chi connectivity index (χ3v) is 3.20. The van der Waals surface area contributed by atoms with E-state index < -0.39 is 0 Å². The van der Waals surface area contributed by atoms with Crippen LogP contribution in [-0.4, -0.2) is 19.1 Å². The summed E-state index contributed by atoms with van der Waals surface area (Å²) in [6.45, 7) is 0.845. The van der Waals surface area contributed by atoms with Gasteiger partial charge in [-0.25, -0.2) is 0 Å². The fourth-order valence-electron chi connectivity index (χ4n) is 1.71. The summed E-state index contributed by atoms with van der Waals surface area (Å²) in [6, 6.07) is 11.8. The lowest BCUT2D eigenvalue weighted by Crippen LogP contribution is -2.13. The molecule has 2 rings (SSSR count). The molecule has 3 N–H and O–H groups in total. The van der Waals surface area contributed by atoms with Gasteiger partial charge in [0.25, 0.3) is 5.91 Å². The third-order valence-electron chi connectivity index (χ3n) is 2.65. The van der Waals surface area contributed by atoms with Gasteiger partial charge in [-0.2, -0.15) is 0 Å². The van der Waals surface area contributed by atoms with Gasteiger partial charge in [-0.1, -0.05) is 29.3 Å². The van der Waals surface area contributed by atoms with Crippen molar-refractivity contribution in [1.82, 2.24) is 0 Å². The lowest BCUT2D eigenvalue weighted by atomic mass is 10.2. The number of halogens is 2. The van der Waals surface area contributed by atoms with Gasteiger partial charge < -0.3 is 15.8 Å². The number of rotatable bonds is 5. The molecule has 2 aromatic rings. The minimum absolute atomic E-state index is 0.301. The summed E-state index contributed by atoms with van der Waals surface area (Å²) in [5.41, 5.74) is 6.35. The van der Waals surface area contributed by atoms with Crippen LogP contribution < -0.4 is 15.8 Å². The first-order chi connectivity index (χ1) is 10.1. The number of hydrogen-bond donors (Lipinski definition) is 2. The minimum Gasteiger partial charge on any atom is -0.492 e. The highest BCUT2D eigenvalue weighted by Crippen LogP contribution is 2.23. The first-order valence-corrected chi connectivity index (χ1v) is 7.05. The molecule has 1 amide bonds. The van der Waals surface area contributed by atoms with Crippen molar-refractivity contribution in [2.24, 2.45) is 5.73 Å². The molecule has 0 bridgehead atoms. The summed E-state index contributed by atoms with van der Waals surface area (Å²) in [4.78, 5) is 12.2. The molecular weight excluding hydrogens is 311 g/mol. The molecule has 0 unspecified atom stereocenters. The van der Waals surface area contributed by atoms with Gasteiger partial charge in [0, 0.05) is 23.3 Å². The summed E-state index contributed by atoms with van der Waals surface area (Å²) in [7, 11) is 0. The second-order valence-electron chi connectivity index (χ2n) is 4.24. The Balaban J connectivity index is 2.12. The van der Waals surface area contributed by atoms with Gasteiger partial charge in [0.1, 0.15) is 12.4 Å². The zero-order valence-corrected chi connectivity index (χ0v) is 12.6. The molecule has 0 saturated carbocycles. The molecule has 2 aromatic carbocycles. The molecule has 0 aliphatic carbocycles. The van der Waals surface area contributed by atoms with Gasteiger partial charge >= 0.3 is 0 Å². The molecular formula is C15H14Cl2N2O2. The summed E-state index contributed by atoms with van der Waals surface area (Å²) < 4.78 is 5.40. The number of carbonyl (C=O) groups excluding carboxylic acids is 1. The summed E-state index contributed by atoms with van der Waals surface area (Å²) in [6.07, 6.45) is 0. The van der Waals surface area contributed by atoms with E-state index in [-0.39, 0.29) is 5.91 Å². The summed E-state index contributed by atoms with van der Waals surface area (Å²) >= 11 is 11.8. The van der Waals surface area contributed by atoms with Crippen molar-refractivity contribution >= 4 is 34.8 Å². The Morgan fingerprint density at radius 2 is 2.00 bits per heavy atom. The number of nitrogens with one attached hydrogen (secondary N) is 1. The molecule has 0 aliphatic heterocycles. The van der Waals surface area contributed by atoms with E-state index in [1.165, 1.54) is 6.07 Å². The van der Waals surface area contributed by atoms with Crippen molar-refractivity contribution in [3.63, 3.8) is 0 Å². The van der Waals surface area contributed by atoms with Crippen LogP contribution in [0.4, 0.5) is 5.69 Å². The third kappa shape index (κ3) is 4.36. The maximum absolute atomic E-state index is 12.2. The average molecular weight is 325 g/mol. The van der Waals surface area contributed by atoms with Gasteiger partial charge in [0.05, 0.1) is 10.6 Å². The van der Waals surface area contributed by atoms with Crippen molar-refractivity contribution in [2.45, 2.75) is 0 Å². The van der Waals surface area contributed by atoms with E-state index in [1.54, 1.807) is 36.4 Å². The van der Waals surface area contributed by atoms with Gasteiger partial charge in [-0.15, -0.1) is 0 Å². The average Bonchev–Trinajstić information content (AvgIpc) is 2.45. The first kappa shape index (κ1) is 15.6. The highest BCUT2D eigenvalue weighted by Gasteiger charge is 2.11. The van der Waals surface area contributed by atoms with E-state index in [2.05, 4.69) is 5.32 Å². The predicted molar refractivity (Wildman–Crippen MR) is 85.4 cm³/mol. The van der Waals surface area contributed by atoms with Gasteiger partial charge in [0.2, 0.25) is 0 Å². The predicted octanol–water partition coefficient (Wildman–Crippen LogP) is 3.58. The summed E-state index contributed by atoms with van der Waals surface area (Å²) in [5.74, 6) is 0.327. The van der Waals surface area contributed by atoms with Crippen LogP contribution >= 0.6 is 23.2 Å². The topological polar surface area (TPSA) is 64.3 Å². The van der Waals surface area contributed by atoms with E-state index in [0.717, 1.165) is 0 Å². The highest BCUT2D eigenvalue weighted by atomic mass is 35.5. The van der Waals surface area contributed by atoms with Crippen molar-refractivity contribution in [1.29, 1.82) is 0 Å². The molecule has 0 atom stereocenters. The standard InChI is InChI=1S/C15H14Cl2N2O2/c16-10-4-5-13(14(17)8-10)15(20)19-11-2-1-3-12(9-11)21-7-6-18/h1-5,8-9H,6-7,18H2,(H,19,20). The Hall–Kier alpha value is -1.75. The van der Waals surface area contributed by atoms with Crippen molar-refractivity contribution < 1.29 is 9.53 Å². The van der Waals surface area contributed by atoms with E-state index in [1.807, 2.05) is 0 Å². The molecule has 0 spiro atoms. The monoisotopic (exact) mass is 324 g/mol. The fraction of sp³-hybridized carbons (Fsp3) is 0.133. The van der Waals surface area contributed by atoms with Crippen LogP contribution in [0.3, 0.4) is 0 Å². The van der Waals surface area contributed by atoms with Crippen molar-refractivity contribution in [2.75, 3.05) is 18.5 Å². The maximum Gasteiger partial charge on any atom is 0.257 e. The molecule has 110 valence electrons. The van der Waals surface area contributed by atoms with E-state index in [4.69, 9.17) is 33.7 Å². The highest BCUT2D eigenvalue weighted by molar-refractivity contribution is 6.37. The number of amides is 1. The van der Waals surface area contributed by atoms with Crippen LogP contribution in [0, 0.1) is 0 Å². The number of hydrogen-bond acceptors (Lipinski definition) is 3. The molecule has 21 heavy (non-hydrogen) atoms. The molecule has 0 aromatic heterocycles. The molecule has 4 nitrogen and oxygen atoms in total. The number of carbonyl (C=O) groups is 1. The van der Waals surface area contributed by atoms with Gasteiger partial charge in [-0.3, -0.25) is 4.79 Å². The molecule has 0 fully saturated rings. The Kier molecular flexibility index (Phi) is 5.44. The van der Waals surface area contributed by atoms with Crippen molar-refractivity contribution in [3.8, 4) is 5.75 Å². The van der Waals surface area contributed by atoms with Crippen molar-refractivity contribution in [3.05, 3.63) is 58.1 Å². The molecule has 0 saturated heterocycles. The van der Waals surface area contributed by atoms with Crippen LogP contribution in [0.15, 0.2) is 42.5 Å². The minimum atomic E-state index is -0.312. The normalized spacial score (nSPS) is 10.2. The lowest BCUT2D eigenvalue weighted by Gasteiger charge is -2.09. The van der Waals surface area contributed by atoms with Crippen LogP contribution in [0.1, 0.15) is 10.4 Å². The zero-order valence-electron chi connectivity index (χ0n) is 11.1. The number of ether oxygens (including phenoxy) is 1. The smallest absolute Gasteiger partial charge is 0.257 e. The summed E-state index contributed by atoms with van der Waals surface area (Å²) in [5, 5.41) is 3.54. The van der Waals surface area contributed by atoms with Crippen LogP contribution in [0.5, 0.6) is 5.75 Å². The molecule has 0 heterocycles. The van der Waals surface area contributed by atoms with Crippen LogP contribution in [0.25, 0.3) is 0 Å². The number of benzene rings is 2. The maximum atomic E-state index is 12.2. The van der Waals surface area contributed by atoms with Gasteiger partial charge in [0.15, 0.2) is 0 Å². The second-order valence-corrected chi connectivity index (χ2v) is 5.09. The Morgan fingerprint density at radius 1 is 1.19 bits per heavy atom. The SMILES string of the molecule is NCCOc1cccc(NC(=O)c2ccc(Cl)cc2Cl)c1. The van der Waals surface area contributed by atoms with Gasteiger partial charge in [-0.05, 0) is 30.3 Å². The van der Waals surface area contributed by atoms with E-state index >= 15 is 0 Å². The molecule has 0 aliphatic rings. The molecule has 6 heteroatoms. The Bertz CT molecular complexity index is 647. The quantitative estimate of drug-likeness (QED) is 0.883. The first-order valence-electron chi connectivity index (χ1n) is 6.29. The van der Waals surface area contributed by atoms with Crippen LogP contribution in [0.2, 0.25) is 10.0 Å². The lowest BCUT2D eigenvalue weighted by molar-refractivity contribution is 0.102. The fourth-order valence-corrected chi connectivity index (χ4v) is 2.21. The largest absolute Gasteiger partial charge is 0.492 e. The zero-order chi connectivity index (χ0) is 15.2. The Morgan fingerprint density at radius 3 is 2.71 bits per heavy atom. The second kappa shape index (κ2) is 7.31. The van der Waals surface area contributed by atoms with E-state index in [9.17, 15) is 4.79 Å². The number of nitrogens with two attached hydrogens (primary N) is 1. The Labute approximate surface area is 132 Å². The molecule has 0 radical (unpaired) electrons. The van der Waals surface area contributed by atoms with Crippen LogP contribution in [-0.2, 0) is 0 Å².